The fourth-order valence-electron chi connectivity index (χ4n) is 2.02. The standard InChI is InChI=1S/C16H20N2O3S/c1-3-21-15(20)10-14-11-22-16(18(14)8-9-19)17-13-6-4-12(2)5-7-13/h4-7,11,19H,3,8-10H2,1-2H3. The number of hydrogen-bond acceptors (Lipinski definition) is 5. The van der Waals surface area contributed by atoms with Gasteiger partial charge in [-0.25, -0.2) is 4.99 Å². The van der Waals surface area contributed by atoms with Gasteiger partial charge < -0.3 is 14.4 Å². The molecule has 2 rings (SSSR count). The van der Waals surface area contributed by atoms with Gasteiger partial charge in [0.15, 0.2) is 4.80 Å². The first-order chi connectivity index (χ1) is 10.6. The van der Waals surface area contributed by atoms with Gasteiger partial charge in [-0.3, -0.25) is 4.79 Å². The van der Waals surface area contributed by atoms with Crippen molar-refractivity contribution in [2.24, 2.45) is 4.99 Å². The summed E-state index contributed by atoms with van der Waals surface area (Å²) in [5.74, 6) is -0.270. The maximum atomic E-state index is 11.6. The number of carbonyl (C=O) groups is 1. The Kier molecular flexibility index (Phi) is 5.91. The first kappa shape index (κ1) is 16.5. The van der Waals surface area contributed by atoms with Crippen molar-refractivity contribution in [2.75, 3.05) is 13.2 Å². The van der Waals surface area contributed by atoms with Gasteiger partial charge in [0, 0.05) is 17.6 Å². The molecule has 0 aliphatic heterocycles. The van der Waals surface area contributed by atoms with Crippen molar-refractivity contribution < 1.29 is 14.6 Å². The predicted molar refractivity (Wildman–Crippen MR) is 86.1 cm³/mol. The quantitative estimate of drug-likeness (QED) is 0.830. The molecule has 0 aliphatic rings. The molecule has 6 heteroatoms. The van der Waals surface area contributed by atoms with E-state index in [9.17, 15) is 9.90 Å². The normalized spacial score (nSPS) is 11.7. The highest BCUT2D eigenvalue weighted by Crippen LogP contribution is 2.13. The summed E-state index contributed by atoms with van der Waals surface area (Å²) in [7, 11) is 0. The third-order valence-electron chi connectivity index (χ3n) is 3.09. The highest BCUT2D eigenvalue weighted by Gasteiger charge is 2.11. The van der Waals surface area contributed by atoms with Crippen LogP contribution in [-0.4, -0.2) is 28.9 Å². The fraction of sp³-hybridized carbons (Fsp3) is 0.375. The van der Waals surface area contributed by atoms with Crippen molar-refractivity contribution in [1.82, 2.24) is 4.57 Å². The molecule has 0 saturated heterocycles. The zero-order valence-corrected chi connectivity index (χ0v) is 13.6. The van der Waals surface area contributed by atoms with Crippen LogP contribution in [0.3, 0.4) is 0 Å². The Labute approximate surface area is 133 Å². The number of aliphatic hydroxyl groups excluding tert-OH is 1. The van der Waals surface area contributed by atoms with Crippen molar-refractivity contribution in [2.45, 2.75) is 26.8 Å². The SMILES string of the molecule is CCOC(=O)Cc1csc(=Nc2ccc(C)cc2)n1CCO. The van der Waals surface area contributed by atoms with Gasteiger partial charge in [0.2, 0.25) is 0 Å². The van der Waals surface area contributed by atoms with Gasteiger partial charge in [-0.15, -0.1) is 11.3 Å². The molecule has 0 fully saturated rings. The molecule has 1 aromatic heterocycles. The summed E-state index contributed by atoms with van der Waals surface area (Å²) in [6.45, 7) is 4.57. The molecule has 0 atom stereocenters. The van der Waals surface area contributed by atoms with Crippen LogP contribution in [0.4, 0.5) is 5.69 Å². The van der Waals surface area contributed by atoms with E-state index < -0.39 is 0 Å². The van der Waals surface area contributed by atoms with E-state index >= 15 is 0 Å². The topological polar surface area (TPSA) is 63.8 Å². The molecule has 2 aromatic rings. The van der Waals surface area contributed by atoms with E-state index in [1.807, 2.05) is 41.1 Å². The molecule has 118 valence electrons. The van der Waals surface area contributed by atoms with E-state index in [-0.39, 0.29) is 19.0 Å². The van der Waals surface area contributed by atoms with E-state index in [4.69, 9.17) is 4.74 Å². The van der Waals surface area contributed by atoms with E-state index in [2.05, 4.69) is 4.99 Å². The summed E-state index contributed by atoms with van der Waals surface area (Å²) in [5, 5.41) is 11.1. The molecule has 0 amide bonds. The van der Waals surface area contributed by atoms with Crippen LogP contribution < -0.4 is 4.80 Å². The molecule has 0 spiro atoms. The molecule has 1 aromatic carbocycles. The number of rotatable bonds is 6. The molecule has 5 nitrogen and oxygen atoms in total. The largest absolute Gasteiger partial charge is 0.466 e. The van der Waals surface area contributed by atoms with Crippen molar-refractivity contribution in [3.8, 4) is 0 Å². The summed E-state index contributed by atoms with van der Waals surface area (Å²) < 4.78 is 6.84. The Hall–Kier alpha value is -1.92. The molecular weight excluding hydrogens is 300 g/mol. The Bertz CT molecular complexity index is 686. The number of thiazole rings is 1. The Balaban J connectivity index is 2.33. The molecule has 1 heterocycles. The van der Waals surface area contributed by atoms with E-state index in [0.717, 1.165) is 16.2 Å². The van der Waals surface area contributed by atoms with Crippen molar-refractivity contribution in [1.29, 1.82) is 0 Å². The Morgan fingerprint density at radius 1 is 1.36 bits per heavy atom. The average molecular weight is 320 g/mol. The molecule has 0 saturated carbocycles. The minimum absolute atomic E-state index is 0.00631. The molecule has 22 heavy (non-hydrogen) atoms. The third-order valence-corrected chi connectivity index (χ3v) is 4.00. The number of aromatic nitrogens is 1. The van der Waals surface area contributed by atoms with Gasteiger partial charge in [-0.2, -0.15) is 0 Å². The number of nitrogens with zero attached hydrogens (tertiary/aromatic N) is 2. The first-order valence-electron chi connectivity index (χ1n) is 7.19. The number of benzene rings is 1. The molecule has 0 radical (unpaired) electrons. The van der Waals surface area contributed by atoms with Crippen molar-refractivity contribution in [3.05, 3.63) is 45.7 Å². The van der Waals surface area contributed by atoms with E-state index in [1.54, 1.807) is 6.92 Å². The number of aryl methyl sites for hydroxylation is 1. The van der Waals surface area contributed by atoms with Gasteiger partial charge >= 0.3 is 5.97 Å². The summed E-state index contributed by atoms with van der Waals surface area (Å²) in [6.07, 6.45) is 0.188. The van der Waals surface area contributed by atoms with Crippen molar-refractivity contribution in [3.63, 3.8) is 0 Å². The lowest BCUT2D eigenvalue weighted by molar-refractivity contribution is -0.142. The van der Waals surface area contributed by atoms with Crippen molar-refractivity contribution >= 4 is 23.0 Å². The van der Waals surface area contributed by atoms with Crippen LogP contribution in [0.5, 0.6) is 0 Å². The average Bonchev–Trinajstić information content (AvgIpc) is 2.85. The van der Waals surface area contributed by atoms with Gasteiger partial charge in [-0.1, -0.05) is 17.7 Å². The number of hydrogen-bond donors (Lipinski definition) is 1. The first-order valence-corrected chi connectivity index (χ1v) is 8.07. The highest BCUT2D eigenvalue weighted by molar-refractivity contribution is 7.07. The second-order valence-electron chi connectivity index (χ2n) is 4.81. The lowest BCUT2D eigenvalue weighted by Crippen LogP contribution is -2.21. The lowest BCUT2D eigenvalue weighted by Gasteiger charge is -2.07. The van der Waals surface area contributed by atoms with E-state index in [1.165, 1.54) is 16.9 Å². The summed E-state index contributed by atoms with van der Waals surface area (Å²) in [4.78, 5) is 17.0. The number of esters is 1. The van der Waals surface area contributed by atoms with Crippen LogP contribution in [0.25, 0.3) is 0 Å². The zero-order chi connectivity index (χ0) is 15.9. The number of aliphatic hydroxyl groups is 1. The highest BCUT2D eigenvalue weighted by atomic mass is 32.1. The van der Waals surface area contributed by atoms with Crippen LogP contribution in [0.15, 0.2) is 34.6 Å². The van der Waals surface area contributed by atoms with Gasteiger partial charge in [0.1, 0.15) is 0 Å². The molecule has 0 unspecified atom stereocenters. The molecule has 0 aliphatic carbocycles. The molecule has 1 N–H and O–H groups in total. The zero-order valence-electron chi connectivity index (χ0n) is 12.8. The van der Waals surface area contributed by atoms with Gasteiger partial charge in [0.25, 0.3) is 0 Å². The Morgan fingerprint density at radius 3 is 2.73 bits per heavy atom. The maximum Gasteiger partial charge on any atom is 0.311 e. The summed E-state index contributed by atoms with van der Waals surface area (Å²) in [6, 6.07) is 7.90. The van der Waals surface area contributed by atoms with Crippen LogP contribution in [0, 0.1) is 6.92 Å². The second-order valence-corrected chi connectivity index (χ2v) is 5.65. The van der Waals surface area contributed by atoms with Gasteiger partial charge in [-0.05, 0) is 26.0 Å². The van der Waals surface area contributed by atoms with Gasteiger partial charge in [0.05, 0.1) is 25.3 Å². The maximum absolute atomic E-state index is 11.6. The van der Waals surface area contributed by atoms with Crippen LogP contribution in [-0.2, 0) is 22.5 Å². The van der Waals surface area contributed by atoms with Crippen LogP contribution in [0.2, 0.25) is 0 Å². The molecule has 0 bridgehead atoms. The predicted octanol–water partition coefficient (Wildman–Crippen LogP) is 2.19. The van der Waals surface area contributed by atoms with Crippen LogP contribution in [0.1, 0.15) is 18.2 Å². The minimum Gasteiger partial charge on any atom is -0.466 e. The van der Waals surface area contributed by atoms with Crippen LogP contribution >= 0.6 is 11.3 Å². The number of ether oxygens (including phenoxy) is 1. The summed E-state index contributed by atoms with van der Waals surface area (Å²) in [5.41, 5.74) is 2.83. The molecular formula is C16H20N2O3S. The third kappa shape index (κ3) is 4.29. The monoisotopic (exact) mass is 320 g/mol. The number of carbonyl (C=O) groups excluding carboxylic acids is 1. The fourth-order valence-corrected chi connectivity index (χ4v) is 2.97. The smallest absolute Gasteiger partial charge is 0.311 e. The lowest BCUT2D eigenvalue weighted by atomic mass is 10.2. The minimum atomic E-state index is -0.270. The second kappa shape index (κ2) is 7.91. The Morgan fingerprint density at radius 2 is 2.09 bits per heavy atom. The van der Waals surface area contributed by atoms with E-state index in [0.29, 0.717) is 13.2 Å². The summed E-state index contributed by atoms with van der Waals surface area (Å²) >= 11 is 1.45.